The Labute approximate surface area is 196 Å². The van der Waals surface area contributed by atoms with Gasteiger partial charge in [-0.25, -0.2) is 4.79 Å². The van der Waals surface area contributed by atoms with E-state index in [2.05, 4.69) is 31.2 Å². The van der Waals surface area contributed by atoms with Crippen molar-refractivity contribution in [1.29, 1.82) is 0 Å². The zero-order chi connectivity index (χ0) is 24.5. The Bertz CT molecular complexity index is 1050. The van der Waals surface area contributed by atoms with E-state index in [1.54, 1.807) is 0 Å². The van der Waals surface area contributed by atoms with Crippen LogP contribution in [0.4, 0.5) is 0 Å². The van der Waals surface area contributed by atoms with Gasteiger partial charge in [0.1, 0.15) is 0 Å². The second-order valence-corrected chi connectivity index (χ2v) is 9.85. The summed E-state index contributed by atoms with van der Waals surface area (Å²) in [5, 5.41) is 9.31. The fourth-order valence-electron chi connectivity index (χ4n) is 4.71. The number of hydrogen-bond acceptors (Lipinski definition) is 5. The molecule has 1 aliphatic rings. The Hall–Kier alpha value is -2.70. The van der Waals surface area contributed by atoms with Gasteiger partial charge in [-0.2, -0.15) is 0 Å². The molecular weight excluding hydrogens is 418 g/mol. The standard InChI is InChI=1S/C27H35NO5/c1-16-8-10-19(11-9-16)23-17(2)20-12-13-28(15-22(29)30)14-21(20)18(3)24(23)25(26(31)32-7)33-27(4,5)6/h8-11,25H,12-15H2,1-7H3,(H,29,30). The molecule has 6 nitrogen and oxygen atoms in total. The van der Waals surface area contributed by atoms with Crippen LogP contribution in [-0.4, -0.2) is 47.7 Å². The summed E-state index contributed by atoms with van der Waals surface area (Å²) in [6.07, 6.45) is -0.137. The fourth-order valence-corrected chi connectivity index (χ4v) is 4.71. The number of carbonyl (C=O) groups is 2. The highest BCUT2D eigenvalue weighted by Gasteiger charge is 2.35. The number of esters is 1. The van der Waals surface area contributed by atoms with E-state index in [0.717, 1.165) is 45.4 Å². The molecule has 0 amide bonds. The molecule has 1 atom stereocenters. The molecule has 0 fully saturated rings. The van der Waals surface area contributed by atoms with Gasteiger partial charge in [0.05, 0.1) is 19.3 Å². The van der Waals surface area contributed by atoms with Gasteiger partial charge in [0.25, 0.3) is 0 Å². The molecule has 0 spiro atoms. The van der Waals surface area contributed by atoms with Crippen molar-refractivity contribution in [2.24, 2.45) is 0 Å². The van der Waals surface area contributed by atoms with E-state index in [0.29, 0.717) is 13.1 Å². The Kier molecular flexibility index (Phi) is 7.29. The average Bonchev–Trinajstić information content (AvgIpc) is 2.73. The van der Waals surface area contributed by atoms with E-state index in [1.807, 2.05) is 39.5 Å². The van der Waals surface area contributed by atoms with Crippen LogP contribution in [0, 0.1) is 20.8 Å². The largest absolute Gasteiger partial charge is 0.480 e. The maximum atomic E-state index is 13.0. The number of nitrogens with zero attached hydrogens (tertiary/aromatic N) is 1. The molecule has 2 aromatic carbocycles. The van der Waals surface area contributed by atoms with Gasteiger partial charge in [-0.1, -0.05) is 29.8 Å². The molecule has 1 N–H and O–H groups in total. The van der Waals surface area contributed by atoms with Crippen LogP contribution >= 0.6 is 0 Å². The SMILES string of the molecule is COC(=O)C(OC(C)(C)C)c1c(C)c2c(c(C)c1-c1ccc(C)cc1)CCN(CC(=O)O)C2. The molecule has 3 rings (SSSR count). The van der Waals surface area contributed by atoms with Crippen LogP contribution in [0.5, 0.6) is 0 Å². The molecular formula is C27H35NO5. The van der Waals surface area contributed by atoms with Gasteiger partial charge in [-0.15, -0.1) is 0 Å². The minimum atomic E-state index is -0.898. The smallest absolute Gasteiger partial charge is 0.339 e. The van der Waals surface area contributed by atoms with E-state index >= 15 is 0 Å². The lowest BCUT2D eigenvalue weighted by atomic mass is 9.80. The summed E-state index contributed by atoms with van der Waals surface area (Å²) in [6.45, 7) is 13.1. The molecule has 178 valence electrons. The summed E-state index contributed by atoms with van der Waals surface area (Å²) >= 11 is 0. The van der Waals surface area contributed by atoms with Crippen molar-refractivity contribution in [2.75, 3.05) is 20.2 Å². The number of carboxylic acids is 1. The third-order valence-electron chi connectivity index (χ3n) is 6.23. The molecule has 0 aromatic heterocycles. The third kappa shape index (κ3) is 5.45. The van der Waals surface area contributed by atoms with Crippen molar-refractivity contribution >= 4 is 11.9 Å². The molecule has 2 aromatic rings. The van der Waals surface area contributed by atoms with Crippen molar-refractivity contribution in [3.8, 4) is 11.1 Å². The maximum absolute atomic E-state index is 13.0. The lowest BCUT2D eigenvalue weighted by Crippen LogP contribution is -2.36. The van der Waals surface area contributed by atoms with Gasteiger partial charge in [0.2, 0.25) is 0 Å². The highest BCUT2D eigenvalue weighted by molar-refractivity contribution is 5.85. The number of ether oxygens (including phenoxy) is 2. The van der Waals surface area contributed by atoms with Crippen LogP contribution in [0.25, 0.3) is 11.1 Å². The molecule has 0 saturated heterocycles. The lowest BCUT2D eigenvalue weighted by molar-refractivity contribution is -0.164. The van der Waals surface area contributed by atoms with Crippen LogP contribution < -0.4 is 0 Å². The first-order valence-electron chi connectivity index (χ1n) is 11.3. The van der Waals surface area contributed by atoms with Crippen LogP contribution in [0.1, 0.15) is 60.3 Å². The first-order chi connectivity index (χ1) is 15.4. The molecule has 33 heavy (non-hydrogen) atoms. The highest BCUT2D eigenvalue weighted by Crippen LogP contribution is 2.42. The van der Waals surface area contributed by atoms with Gasteiger partial charge >= 0.3 is 11.9 Å². The maximum Gasteiger partial charge on any atom is 0.339 e. The van der Waals surface area contributed by atoms with E-state index in [1.165, 1.54) is 12.7 Å². The summed E-state index contributed by atoms with van der Waals surface area (Å²) in [5.74, 6) is -1.29. The van der Waals surface area contributed by atoms with Crippen LogP contribution in [0.2, 0.25) is 0 Å². The van der Waals surface area contributed by atoms with Crippen molar-refractivity contribution < 1.29 is 24.2 Å². The predicted molar refractivity (Wildman–Crippen MR) is 128 cm³/mol. The number of methoxy groups -OCH3 is 1. The second-order valence-electron chi connectivity index (χ2n) is 9.85. The van der Waals surface area contributed by atoms with Gasteiger partial charge < -0.3 is 14.6 Å². The van der Waals surface area contributed by atoms with Crippen molar-refractivity contribution in [3.63, 3.8) is 0 Å². The van der Waals surface area contributed by atoms with Crippen molar-refractivity contribution in [1.82, 2.24) is 4.90 Å². The zero-order valence-electron chi connectivity index (χ0n) is 20.7. The summed E-state index contributed by atoms with van der Waals surface area (Å²) in [6, 6.07) is 8.30. The number of benzene rings is 2. The Morgan fingerprint density at radius 2 is 1.70 bits per heavy atom. The van der Waals surface area contributed by atoms with E-state index in [4.69, 9.17) is 9.47 Å². The highest BCUT2D eigenvalue weighted by atomic mass is 16.6. The fraction of sp³-hybridized carbons (Fsp3) is 0.481. The van der Waals surface area contributed by atoms with Gasteiger partial charge in [-0.05, 0) is 81.3 Å². The molecule has 0 radical (unpaired) electrons. The summed E-state index contributed by atoms with van der Waals surface area (Å²) < 4.78 is 11.5. The number of fused-ring (bicyclic) bond motifs is 1. The van der Waals surface area contributed by atoms with Crippen molar-refractivity contribution in [2.45, 2.75) is 66.2 Å². The van der Waals surface area contributed by atoms with E-state index in [-0.39, 0.29) is 6.54 Å². The molecule has 0 aliphatic carbocycles. The summed E-state index contributed by atoms with van der Waals surface area (Å²) in [7, 11) is 1.38. The Morgan fingerprint density at radius 3 is 2.24 bits per heavy atom. The minimum absolute atomic E-state index is 0.00804. The average molecular weight is 454 g/mol. The molecule has 0 bridgehead atoms. The Morgan fingerprint density at radius 1 is 1.06 bits per heavy atom. The van der Waals surface area contributed by atoms with Crippen LogP contribution in [-0.2, 0) is 32.0 Å². The number of rotatable bonds is 6. The van der Waals surface area contributed by atoms with E-state index in [9.17, 15) is 14.7 Å². The number of aliphatic carboxylic acids is 1. The lowest BCUT2D eigenvalue weighted by Gasteiger charge is -2.35. The van der Waals surface area contributed by atoms with Gasteiger partial charge in [0, 0.05) is 18.7 Å². The first-order valence-corrected chi connectivity index (χ1v) is 11.3. The van der Waals surface area contributed by atoms with E-state index < -0.39 is 23.6 Å². The molecule has 0 saturated carbocycles. The molecule has 1 unspecified atom stereocenters. The number of carbonyl (C=O) groups excluding carboxylic acids is 1. The quantitative estimate of drug-likeness (QED) is 0.636. The van der Waals surface area contributed by atoms with Gasteiger partial charge in [0.15, 0.2) is 6.10 Å². The second kappa shape index (κ2) is 9.65. The number of hydrogen-bond donors (Lipinski definition) is 1. The molecule has 1 heterocycles. The first kappa shape index (κ1) is 24.9. The van der Waals surface area contributed by atoms with Crippen LogP contribution in [0.15, 0.2) is 24.3 Å². The number of carboxylic acid groups (broad SMARTS) is 1. The normalized spacial score (nSPS) is 15.1. The monoisotopic (exact) mass is 453 g/mol. The molecule has 6 heteroatoms. The third-order valence-corrected chi connectivity index (χ3v) is 6.23. The predicted octanol–water partition coefficient (Wildman–Crippen LogP) is 4.75. The summed E-state index contributed by atoms with van der Waals surface area (Å²) in [4.78, 5) is 26.3. The summed E-state index contributed by atoms with van der Waals surface area (Å²) in [5.41, 5.74) is 7.79. The Balaban J connectivity index is 2.30. The van der Waals surface area contributed by atoms with Crippen LogP contribution in [0.3, 0.4) is 0 Å². The topological polar surface area (TPSA) is 76.1 Å². The minimum Gasteiger partial charge on any atom is -0.480 e. The zero-order valence-corrected chi connectivity index (χ0v) is 20.7. The van der Waals surface area contributed by atoms with Crippen molar-refractivity contribution in [3.05, 3.63) is 57.6 Å². The van der Waals surface area contributed by atoms with Gasteiger partial charge in [-0.3, -0.25) is 9.69 Å². The number of aryl methyl sites for hydroxylation is 1. The molecule has 1 aliphatic heterocycles.